The van der Waals surface area contributed by atoms with Gasteiger partial charge in [0.1, 0.15) is 0 Å². The SMILES string of the molecule is Cc1ccc(C(=O)NCc2ccc(C(=O)c3ccco3)s2)cc1C. The highest BCUT2D eigenvalue weighted by atomic mass is 32.1. The Balaban J connectivity index is 1.64. The summed E-state index contributed by atoms with van der Waals surface area (Å²) in [6, 6.07) is 12.6. The summed E-state index contributed by atoms with van der Waals surface area (Å²) in [6.45, 7) is 4.39. The van der Waals surface area contributed by atoms with Gasteiger partial charge in [-0.1, -0.05) is 6.07 Å². The molecular formula is C19H17NO3S. The number of carbonyl (C=O) groups is 2. The van der Waals surface area contributed by atoms with Crippen LogP contribution in [0.3, 0.4) is 0 Å². The van der Waals surface area contributed by atoms with Gasteiger partial charge in [0.05, 0.1) is 17.7 Å². The van der Waals surface area contributed by atoms with Crippen LogP contribution in [0.5, 0.6) is 0 Å². The van der Waals surface area contributed by atoms with Crippen molar-refractivity contribution in [1.82, 2.24) is 5.32 Å². The molecule has 0 fully saturated rings. The lowest BCUT2D eigenvalue weighted by Crippen LogP contribution is -2.22. The van der Waals surface area contributed by atoms with Gasteiger partial charge in [0, 0.05) is 10.4 Å². The summed E-state index contributed by atoms with van der Waals surface area (Å²) >= 11 is 1.36. The van der Waals surface area contributed by atoms with Gasteiger partial charge >= 0.3 is 0 Å². The highest BCUT2D eigenvalue weighted by molar-refractivity contribution is 7.14. The first-order chi connectivity index (χ1) is 11.5. The maximum Gasteiger partial charge on any atom is 0.251 e. The predicted molar refractivity (Wildman–Crippen MR) is 93.5 cm³/mol. The van der Waals surface area contributed by atoms with E-state index in [-0.39, 0.29) is 11.7 Å². The number of benzene rings is 1. The topological polar surface area (TPSA) is 59.3 Å². The third-order valence-corrected chi connectivity index (χ3v) is 4.91. The zero-order valence-corrected chi connectivity index (χ0v) is 14.3. The van der Waals surface area contributed by atoms with Gasteiger partial charge in [0.2, 0.25) is 5.78 Å². The molecule has 0 bridgehead atoms. The number of rotatable bonds is 5. The molecule has 0 spiro atoms. The number of ketones is 1. The minimum atomic E-state index is -0.142. The Hall–Kier alpha value is -2.66. The summed E-state index contributed by atoms with van der Waals surface area (Å²) in [4.78, 5) is 25.9. The fourth-order valence-electron chi connectivity index (χ4n) is 2.28. The van der Waals surface area contributed by atoms with E-state index >= 15 is 0 Å². The van der Waals surface area contributed by atoms with Crippen LogP contribution in [-0.2, 0) is 6.54 Å². The molecule has 1 amide bonds. The van der Waals surface area contributed by atoms with Crippen molar-refractivity contribution in [2.24, 2.45) is 0 Å². The third kappa shape index (κ3) is 3.46. The zero-order valence-electron chi connectivity index (χ0n) is 13.5. The summed E-state index contributed by atoms with van der Waals surface area (Å²) in [5.74, 6) is 0.0599. The standard InChI is InChI=1S/C19H17NO3S/c1-12-5-6-14(10-13(12)2)19(22)20-11-15-7-8-17(24-15)18(21)16-4-3-9-23-16/h3-10H,11H2,1-2H3,(H,20,22). The first kappa shape index (κ1) is 16.2. The van der Waals surface area contributed by atoms with Gasteiger partial charge in [-0.15, -0.1) is 11.3 Å². The van der Waals surface area contributed by atoms with Crippen LogP contribution < -0.4 is 5.32 Å². The number of hydrogen-bond donors (Lipinski definition) is 1. The molecule has 2 heterocycles. The number of amides is 1. The van der Waals surface area contributed by atoms with Crippen LogP contribution >= 0.6 is 11.3 Å². The van der Waals surface area contributed by atoms with Crippen molar-refractivity contribution in [3.63, 3.8) is 0 Å². The third-order valence-electron chi connectivity index (χ3n) is 3.82. The number of aryl methyl sites for hydroxylation is 2. The van der Waals surface area contributed by atoms with E-state index in [9.17, 15) is 9.59 Å². The summed E-state index contributed by atoms with van der Waals surface area (Å²) in [5.41, 5.74) is 2.89. The molecule has 5 heteroatoms. The highest BCUT2D eigenvalue weighted by Crippen LogP contribution is 2.20. The Morgan fingerprint density at radius 3 is 2.62 bits per heavy atom. The number of nitrogens with one attached hydrogen (secondary N) is 1. The summed E-state index contributed by atoms with van der Waals surface area (Å²) in [5, 5.41) is 2.89. The number of hydrogen-bond acceptors (Lipinski definition) is 4. The second kappa shape index (κ2) is 6.84. The van der Waals surface area contributed by atoms with Crippen molar-refractivity contribution in [3.05, 3.63) is 80.9 Å². The molecule has 3 rings (SSSR count). The largest absolute Gasteiger partial charge is 0.461 e. The van der Waals surface area contributed by atoms with E-state index in [2.05, 4.69) is 5.32 Å². The van der Waals surface area contributed by atoms with Crippen LogP contribution in [0, 0.1) is 13.8 Å². The van der Waals surface area contributed by atoms with Crippen LogP contribution in [0.1, 0.15) is 41.8 Å². The van der Waals surface area contributed by atoms with Crippen molar-refractivity contribution < 1.29 is 14.0 Å². The van der Waals surface area contributed by atoms with E-state index in [1.54, 1.807) is 18.2 Å². The quantitative estimate of drug-likeness (QED) is 0.711. The molecule has 1 N–H and O–H groups in total. The van der Waals surface area contributed by atoms with Gasteiger partial charge in [0.25, 0.3) is 5.91 Å². The van der Waals surface area contributed by atoms with E-state index in [0.717, 1.165) is 16.0 Å². The van der Waals surface area contributed by atoms with Crippen molar-refractivity contribution >= 4 is 23.0 Å². The van der Waals surface area contributed by atoms with Gasteiger partial charge in [0.15, 0.2) is 5.76 Å². The summed E-state index contributed by atoms with van der Waals surface area (Å²) in [6.07, 6.45) is 1.48. The zero-order chi connectivity index (χ0) is 17.1. The second-order valence-electron chi connectivity index (χ2n) is 5.55. The van der Waals surface area contributed by atoms with Crippen LogP contribution in [0.25, 0.3) is 0 Å². The van der Waals surface area contributed by atoms with E-state index in [4.69, 9.17) is 4.42 Å². The Bertz CT molecular complexity index is 878. The first-order valence-corrected chi connectivity index (χ1v) is 8.38. The van der Waals surface area contributed by atoms with Crippen molar-refractivity contribution in [1.29, 1.82) is 0 Å². The Morgan fingerprint density at radius 2 is 1.92 bits per heavy atom. The molecule has 24 heavy (non-hydrogen) atoms. The van der Waals surface area contributed by atoms with E-state index in [1.807, 2.05) is 38.1 Å². The maximum atomic E-state index is 12.2. The molecule has 2 aromatic heterocycles. The lowest BCUT2D eigenvalue weighted by atomic mass is 10.1. The van der Waals surface area contributed by atoms with Crippen molar-refractivity contribution in [3.8, 4) is 0 Å². The molecule has 0 saturated carbocycles. The van der Waals surface area contributed by atoms with E-state index < -0.39 is 0 Å². The average molecular weight is 339 g/mol. The van der Waals surface area contributed by atoms with E-state index in [1.165, 1.54) is 17.6 Å². The Morgan fingerprint density at radius 1 is 1.08 bits per heavy atom. The molecule has 0 unspecified atom stereocenters. The molecule has 4 nitrogen and oxygen atoms in total. The summed E-state index contributed by atoms with van der Waals surface area (Å²) in [7, 11) is 0. The van der Waals surface area contributed by atoms with Gasteiger partial charge in [-0.2, -0.15) is 0 Å². The minimum absolute atomic E-state index is 0.120. The van der Waals surface area contributed by atoms with Gasteiger partial charge in [-0.05, 0) is 61.4 Å². The Kier molecular flexibility index (Phi) is 4.62. The molecule has 0 radical (unpaired) electrons. The maximum absolute atomic E-state index is 12.2. The molecule has 0 aliphatic heterocycles. The molecule has 122 valence electrons. The van der Waals surface area contributed by atoms with Crippen LogP contribution in [0.15, 0.2) is 53.1 Å². The number of carbonyl (C=O) groups excluding carboxylic acids is 2. The highest BCUT2D eigenvalue weighted by Gasteiger charge is 2.15. The van der Waals surface area contributed by atoms with Crippen LogP contribution in [-0.4, -0.2) is 11.7 Å². The number of thiophene rings is 1. The van der Waals surface area contributed by atoms with Crippen molar-refractivity contribution in [2.75, 3.05) is 0 Å². The van der Waals surface area contributed by atoms with Crippen molar-refractivity contribution in [2.45, 2.75) is 20.4 Å². The molecule has 0 atom stereocenters. The Labute approximate surface area is 144 Å². The average Bonchev–Trinajstić information content (AvgIpc) is 3.26. The fraction of sp³-hybridized carbons (Fsp3) is 0.158. The van der Waals surface area contributed by atoms with Gasteiger partial charge < -0.3 is 9.73 Å². The smallest absolute Gasteiger partial charge is 0.251 e. The molecule has 3 aromatic rings. The normalized spacial score (nSPS) is 10.6. The van der Waals surface area contributed by atoms with Crippen LogP contribution in [0.4, 0.5) is 0 Å². The second-order valence-corrected chi connectivity index (χ2v) is 6.72. The molecule has 0 aliphatic carbocycles. The van der Waals surface area contributed by atoms with Crippen LogP contribution in [0.2, 0.25) is 0 Å². The van der Waals surface area contributed by atoms with Gasteiger partial charge in [-0.25, -0.2) is 0 Å². The van der Waals surface area contributed by atoms with Gasteiger partial charge in [-0.3, -0.25) is 9.59 Å². The first-order valence-electron chi connectivity index (χ1n) is 7.57. The molecule has 0 aliphatic rings. The lowest BCUT2D eigenvalue weighted by molar-refractivity contribution is 0.0950. The summed E-state index contributed by atoms with van der Waals surface area (Å²) < 4.78 is 5.12. The fourth-order valence-corrected chi connectivity index (χ4v) is 3.17. The molecule has 1 aromatic carbocycles. The minimum Gasteiger partial charge on any atom is -0.461 e. The molecule has 0 saturated heterocycles. The monoisotopic (exact) mass is 339 g/mol. The molecular weight excluding hydrogens is 322 g/mol. The van der Waals surface area contributed by atoms with E-state index in [0.29, 0.717) is 22.7 Å². The predicted octanol–water partition coefficient (Wildman–Crippen LogP) is 4.12. The number of furan rings is 1. The lowest BCUT2D eigenvalue weighted by Gasteiger charge is -2.06.